The largest absolute Gasteiger partial charge is 0.493 e. The summed E-state index contributed by atoms with van der Waals surface area (Å²) >= 11 is 11.7. The first-order valence-corrected chi connectivity index (χ1v) is 6.17. The highest BCUT2D eigenvalue weighted by Gasteiger charge is 2.15. The Kier molecular flexibility index (Phi) is 4.30. The molecule has 0 amide bonds. The summed E-state index contributed by atoms with van der Waals surface area (Å²) in [5.74, 6) is 0.244. The summed E-state index contributed by atoms with van der Waals surface area (Å²) in [6, 6.07) is 11.4. The zero-order chi connectivity index (χ0) is 13.8. The molecule has 2 aromatic rings. The molecule has 0 bridgehead atoms. The van der Waals surface area contributed by atoms with Crippen molar-refractivity contribution in [3.05, 3.63) is 58.1 Å². The summed E-state index contributed by atoms with van der Waals surface area (Å²) in [4.78, 5) is 12.0. The average Bonchev–Trinajstić information content (AvgIpc) is 2.39. The second-order valence-corrected chi connectivity index (χ2v) is 4.51. The minimum atomic E-state index is -0.564. The molecule has 5 heteroatoms. The third-order valence-electron chi connectivity index (χ3n) is 2.42. The van der Waals surface area contributed by atoms with Gasteiger partial charge in [-0.1, -0.05) is 35.3 Å². The van der Waals surface area contributed by atoms with Crippen molar-refractivity contribution in [1.82, 2.24) is 0 Å². The first-order chi connectivity index (χ1) is 9.11. The highest BCUT2D eigenvalue weighted by atomic mass is 35.5. The number of hydrogen-bond donors (Lipinski definition) is 0. The Bertz CT molecular complexity index is 611. The Labute approximate surface area is 120 Å². The van der Waals surface area contributed by atoms with Crippen LogP contribution in [0.3, 0.4) is 0 Å². The van der Waals surface area contributed by atoms with Gasteiger partial charge in [-0.2, -0.15) is 0 Å². The number of ether oxygens (including phenoxy) is 2. The molecule has 2 rings (SSSR count). The maximum atomic E-state index is 12.0. The van der Waals surface area contributed by atoms with E-state index < -0.39 is 5.97 Å². The van der Waals surface area contributed by atoms with Crippen LogP contribution >= 0.6 is 23.2 Å². The van der Waals surface area contributed by atoms with Gasteiger partial charge in [0.1, 0.15) is 0 Å². The lowest BCUT2D eigenvalue weighted by atomic mass is 10.2. The number of halogens is 2. The van der Waals surface area contributed by atoms with Gasteiger partial charge in [0.15, 0.2) is 11.5 Å². The molecule has 0 heterocycles. The van der Waals surface area contributed by atoms with E-state index in [0.717, 1.165) is 0 Å². The third-order valence-corrected chi connectivity index (χ3v) is 2.97. The minimum Gasteiger partial charge on any atom is -0.493 e. The van der Waals surface area contributed by atoms with E-state index in [1.165, 1.54) is 19.2 Å². The van der Waals surface area contributed by atoms with Crippen molar-refractivity contribution in [2.45, 2.75) is 0 Å². The van der Waals surface area contributed by atoms with Crippen LogP contribution in [0.4, 0.5) is 0 Å². The van der Waals surface area contributed by atoms with E-state index in [2.05, 4.69) is 0 Å². The van der Waals surface area contributed by atoms with Gasteiger partial charge in [-0.25, -0.2) is 4.79 Å². The van der Waals surface area contributed by atoms with Crippen molar-refractivity contribution in [3.8, 4) is 11.5 Å². The Morgan fingerprint density at radius 2 is 1.74 bits per heavy atom. The highest BCUT2D eigenvalue weighted by molar-refractivity contribution is 6.36. The molecule has 0 saturated carbocycles. The standard InChI is InChI=1S/C14H10Cl2O3/c1-18-12-4-2-3-5-13(12)19-14(17)10-7-6-9(15)8-11(10)16/h2-8H,1H3. The maximum Gasteiger partial charge on any atom is 0.345 e. The number of carbonyl (C=O) groups is 1. The molecule has 0 N–H and O–H groups in total. The predicted octanol–water partition coefficient (Wildman–Crippen LogP) is 4.22. The van der Waals surface area contributed by atoms with Crippen LogP contribution in [0.25, 0.3) is 0 Å². The lowest BCUT2D eigenvalue weighted by Crippen LogP contribution is -2.09. The molecule has 98 valence electrons. The molecule has 0 radical (unpaired) electrons. The van der Waals surface area contributed by atoms with Crippen LogP contribution in [-0.2, 0) is 0 Å². The van der Waals surface area contributed by atoms with E-state index in [9.17, 15) is 4.79 Å². The van der Waals surface area contributed by atoms with Gasteiger partial charge in [0, 0.05) is 5.02 Å². The fraction of sp³-hybridized carbons (Fsp3) is 0.0714. The summed E-state index contributed by atoms with van der Waals surface area (Å²) in [5, 5.41) is 0.700. The molecular weight excluding hydrogens is 287 g/mol. The lowest BCUT2D eigenvalue weighted by molar-refractivity contribution is 0.0730. The topological polar surface area (TPSA) is 35.5 Å². The summed E-state index contributed by atoms with van der Waals surface area (Å²) in [6.45, 7) is 0. The zero-order valence-corrected chi connectivity index (χ0v) is 11.5. The molecule has 3 nitrogen and oxygen atoms in total. The number of methoxy groups -OCH3 is 1. The van der Waals surface area contributed by atoms with Crippen molar-refractivity contribution >= 4 is 29.2 Å². The van der Waals surface area contributed by atoms with Gasteiger partial charge in [-0.3, -0.25) is 0 Å². The first kappa shape index (κ1) is 13.7. The van der Waals surface area contributed by atoms with Crippen molar-refractivity contribution in [2.75, 3.05) is 7.11 Å². The SMILES string of the molecule is COc1ccccc1OC(=O)c1ccc(Cl)cc1Cl. The summed E-state index contributed by atoms with van der Waals surface area (Å²) in [7, 11) is 1.50. The van der Waals surface area contributed by atoms with Gasteiger partial charge in [0.05, 0.1) is 17.7 Å². The van der Waals surface area contributed by atoms with Crippen LogP contribution in [-0.4, -0.2) is 13.1 Å². The molecule has 0 aliphatic rings. The van der Waals surface area contributed by atoms with Crippen molar-refractivity contribution < 1.29 is 14.3 Å². The van der Waals surface area contributed by atoms with E-state index >= 15 is 0 Å². The summed E-state index contributed by atoms with van der Waals surface area (Å²) in [5.41, 5.74) is 0.247. The van der Waals surface area contributed by atoms with Crippen LogP contribution in [0.5, 0.6) is 11.5 Å². The van der Waals surface area contributed by atoms with Gasteiger partial charge >= 0.3 is 5.97 Å². The number of benzene rings is 2. The maximum absolute atomic E-state index is 12.0. The van der Waals surface area contributed by atoms with Crippen molar-refractivity contribution in [2.24, 2.45) is 0 Å². The Morgan fingerprint density at radius 3 is 2.37 bits per heavy atom. The van der Waals surface area contributed by atoms with Crippen molar-refractivity contribution in [3.63, 3.8) is 0 Å². The number of para-hydroxylation sites is 2. The lowest BCUT2D eigenvalue weighted by Gasteiger charge is -2.09. The molecule has 0 fully saturated rings. The Hall–Kier alpha value is -1.71. The molecule has 0 spiro atoms. The molecule has 0 aromatic heterocycles. The van der Waals surface area contributed by atoms with E-state index in [1.54, 1.807) is 30.3 Å². The second kappa shape index (κ2) is 5.95. The van der Waals surface area contributed by atoms with Crippen LogP contribution in [0, 0.1) is 0 Å². The minimum absolute atomic E-state index is 0.243. The number of rotatable bonds is 3. The van der Waals surface area contributed by atoms with Crippen LogP contribution in [0.15, 0.2) is 42.5 Å². The van der Waals surface area contributed by atoms with Gasteiger partial charge in [-0.15, -0.1) is 0 Å². The van der Waals surface area contributed by atoms with E-state index in [1.807, 2.05) is 0 Å². The van der Waals surface area contributed by atoms with E-state index in [0.29, 0.717) is 16.5 Å². The summed E-state index contributed by atoms with van der Waals surface area (Å²) in [6.07, 6.45) is 0. The molecule has 0 saturated heterocycles. The molecule has 2 aromatic carbocycles. The molecular formula is C14H10Cl2O3. The number of esters is 1. The predicted molar refractivity (Wildman–Crippen MR) is 74.4 cm³/mol. The van der Waals surface area contributed by atoms with E-state index in [4.69, 9.17) is 32.7 Å². The second-order valence-electron chi connectivity index (χ2n) is 3.66. The fourth-order valence-corrected chi connectivity index (χ4v) is 2.00. The van der Waals surface area contributed by atoms with Gasteiger partial charge in [0.25, 0.3) is 0 Å². The third kappa shape index (κ3) is 3.19. The van der Waals surface area contributed by atoms with Crippen LogP contribution in [0.2, 0.25) is 10.0 Å². The van der Waals surface area contributed by atoms with Crippen LogP contribution in [0.1, 0.15) is 10.4 Å². The molecule has 0 atom stereocenters. The van der Waals surface area contributed by atoms with Gasteiger partial charge < -0.3 is 9.47 Å². The van der Waals surface area contributed by atoms with E-state index in [-0.39, 0.29) is 10.6 Å². The number of carbonyl (C=O) groups excluding carboxylic acids is 1. The molecule has 0 unspecified atom stereocenters. The Balaban J connectivity index is 2.26. The quantitative estimate of drug-likeness (QED) is 0.628. The zero-order valence-electron chi connectivity index (χ0n) is 10.0. The monoisotopic (exact) mass is 296 g/mol. The van der Waals surface area contributed by atoms with Gasteiger partial charge in [-0.05, 0) is 30.3 Å². The number of hydrogen-bond acceptors (Lipinski definition) is 3. The molecule has 19 heavy (non-hydrogen) atoms. The molecule has 0 aliphatic carbocycles. The van der Waals surface area contributed by atoms with Crippen molar-refractivity contribution in [1.29, 1.82) is 0 Å². The fourth-order valence-electron chi connectivity index (χ4n) is 1.51. The normalized spacial score (nSPS) is 10.1. The van der Waals surface area contributed by atoms with Gasteiger partial charge in [0.2, 0.25) is 0 Å². The average molecular weight is 297 g/mol. The van der Waals surface area contributed by atoms with Crippen LogP contribution < -0.4 is 9.47 Å². The summed E-state index contributed by atoms with van der Waals surface area (Å²) < 4.78 is 10.4. The Morgan fingerprint density at radius 1 is 1.05 bits per heavy atom. The molecule has 0 aliphatic heterocycles. The first-order valence-electron chi connectivity index (χ1n) is 5.42. The highest BCUT2D eigenvalue weighted by Crippen LogP contribution is 2.28. The smallest absolute Gasteiger partial charge is 0.345 e.